The Bertz CT molecular complexity index is 1240. The number of anilines is 2. The van der Waals surface area contributed by atoms with Gasteiger partial charge in [-0.15, -0.1) is 0 Å². The number of ether oxygens (including phenoxy) is 1. The summed E-state index contributed by atoms with van der Waals surface area (Å²) in [6, 6.07) is 9.47. The summed E-state index contributed by atoms with van der Waals surface area (Å²) in [6.07, 6.45) is 7.14. The molecular weight excluding hydrogens is 478 g/mol. The lowest BCUT2D eigenvalue weighted by Gasteiger charge is -2.41. The highest BCUT2D eigenvalue weighted by Crippen LogP contribution is 2.39. The standard InChI is InChI=1S/C27H33N3O5S/c1-18-15-29(27(32)35-24-6-4-3-5-7-24)26-13-21(9-11-25(26)30(18)19(2)31)22-8-10-23(28-14-22)12-20-16-36(33,34)17-20/h8-11,13-14,18,20,24H,3-7,12,15-17H2,1-2H3/t18-/m0/s1. The first kappa shape index (κ1) is 24.7. The zero-order chi connectivity index (χ0) is 25.4. The minimum atomic E-state index is -2.85. The third kappa shape index (κ3) is 5.12. The quantitative estimate of drug-likeness (QED) is 0.605. The Morgan fingerprint density at radius 2 is 1.75 bits per heavy atom. The van der Waals surface area contributed by atoms with Gasteiger partial charge in [-0.05, 0) is 68.7 Å². The van der Waals surface area contributed by atoms with Crippen LogP contribution in [0.4, 0.5) is 16.2 Å². The van der Waals surface area contributed by atoms with Crippen molar-refractivity contribution in [1.29, 1.82) is 0 Å². The second-order valence-electron chi connectivity index (χ2n) is 10.4. The van der Waals surface area contributed by atoms with Gasteiger partial charge >= 0.3 is 6.09 Å². The number of hydrogen-bond acceptors (Lipinski definition) is 6. The van der Waals surface area contributed by atoms with Crippen molar-refractivity contribution in [2.75, 3.05) is 27.9 Å². The van der Waals surface area contributed by atoms with Gasteiger partial charge in [-0.25, -0.2) is 13.2 Å². The van der Waals surface area contributed by atoms with Gasteiger partial charge in [0, 0.05) is 30.9 Å². The molecule has 36 heavy (non-hydrogen) atoms. The summed E-state index contributed by atoms with van der Waals surface area (Å²) < 4.78 is 28.8. The van der Waals surface area contributed by atoms with E-state index in [9.17, 15) is 18.0 Å². The predicted octanol–water partition coefficient (Wildman–Crippen LogP) is 4.37. The van der Waals surface area contributed by atoms with Crippen LogP contribution in [-0.2, 0) is 25.8 Å². The summed E-state index contributed by atoms with van der Waals surface area (Å²) in [6.45, 7) is 3.85. The molecule has 2 fully saturated rings. The highest BCUT2D eigenvalue weighted by Gasteiger charge is 2.36. The predicted molar refractivity (Wildman–Crippen MR) is 139 cm³/mol. The molecule has 3 heterocycles. The van der Waals surface area contributed by atoms with Gasteiger partial charge in [0.2, 0.25) is 5.91 Å². The second kappa shape index (κ2) is 9.84. The molecule has 1 atom stereocenters. The van der Waals surface area contributed by atoms with Crippen molar-refractivity contribution in [1.82, 2.24) is 4.98 Å². The molecule has 5 rings (SSSR count). The number of benzene rings is 1. The summed E-state index contributed by atoms with van der Waals surface area (Å²) in [5, 5.41) is 0. The van der Waals surface area contributed by atoms with Crippen LogP contribution in [0, 0.1) is 5.92 Å². The first-order valence-corrected chi connectivity index (χ1v) is 14.6. The minimum Gasteiger partial charge on any atom is -0.446 e. The Kier molecular flexibility index (Phi) is 6.76. The highest BCUT2D eigenvalue weighted by molar-refractivity contribution is 7.92. The van der Waals surface area contributed by atoms with Gasteiger partial charge in [0.15, 0.2) is 9.84 Å². The third-order valence-corrected chi connectivity index (χ3v) is 9.39. The summed E-state index contributed by atoms with van der Waals surface area (Å²) >= 11 is 0. The number of rotatable bonds is 4. The van der Waals surface area contributed by atoms with Crippen molar-refractivity contribution < 1.29 is 22.7 Å². The summed E-state index contributed by atoms with van der Waals surface area (Å²) in [7, 11) is -2.85. The van der Waals surface area contributed by atoms with Gasteiger partial charge in [0.25, 0.3) is 0 Å². The summed E-state index contributed by atoms with van der Waals surface area (Å²) in [5.41, 5.74) is 3.99. The number of fused-ring (bicyclic) bond motifs is 1. The molecule has 0 bridgehead atoms. The van der Waals surface area contributed by atoms with Crippen molar-refractivity contribution in [3.63, 3.8) is 0 Å². The van der Waals surface area contributed by atoms with E-state index >= 15 is 0 Å². The lowest BCUT2D eigenvalue weighted by atomic mass is 9.98. The maximum absolute atomic E-state index is 13.3. The number of carbonyl (C=O) groups is 2. The van der Waals surface area contributed by atoms with Gasteiger partial charge in [0.1, 0.15) is 6.10 Å². The summed E-state index contributed by atoms with van der Waals surface area (Å²) in [4.78, 5) is 33.7. The van der Waals surface area contributed by atoms with Crippen molar-refractivity contribution in [3.05, 3.63) is 42.2 Å². The van der Waals surface area contributed by atoms with E-state index < -0.39 is 9.84 Å². The van der Waals surface area contributed by atoms with Crippen LogP contribution in [0.3, 0.4) is 0 Å². The van der Waals surface area contributed by atoms with Crippen molar-refractivity contribution >= 4 is 33.2 Å². The van der Waals surface area contributed by atoms with Gasteiger partial charge in [-0.3, -0.25) is 14.7 Å². The molecule has 1 saturated carbocycles. The number of amides is 2. The van der Waals surface area contributed by atoms with E-state index in [2.05, 4.69) is 4.98 Å². The average Bonchev–Trinajstić information content (AvgIpc) is 2.83. The minimum absolute atomic E-state index is 0.0542. The molecule has 2 aromatic rings. The maximum Gasteiger partial charge on any atom is 0.414 e. The molecule has 1 aliphatic carbocycles. The van der Waals surface area contributed by atoms with Crippen LogP contribution in [0.25, 0.3) is 11.1 Å². The lowest BCUT2D eigenvalue weighted by molar-refractivity contribution is -0.117. The fraction of sp³-hybridized carbons (Fsp3) is 0.519. The van der Waals surface area contributed by atoms with Crippen molar-refractivity contribution in [3.8, 4) is 11.1 Å². The smallest absolute Gasteiger partial charge is 0.414 e. The number of sulfone groups is 1. The Morgan fingerprint density at radius 3 is 2.39 bits per heavy atom. The van der Waals surface area contributed by atoms with Crippen LogP contribution >= 0.6 is 0 Å². The topological polar surface area (TPSA) is 96.9 Å². The molecule has 2 amide bonds. The van der Waals surface area contributed by atoms with Crippen molar-refractivity contribution in [2.45, 2.75) is 64.5 Å². The highest BCUT2D eigenvalue weighted by atomic mass is 32.2. The summed E-state index contributed by atoms with van der Waals surface area (Å²) in [5.74, 6) is 0.541. The van der Waals surface area contributed by atoms with Crippen LogP contribution < -0.4 is 9.80 Å². The van der Waals surface area contributed by atoms with Crippen LogP contribution in [0.2, 0.25) is 0 Å². The second-order valence-corrected chi connectivity index (χ2v) is 12.5. The van der Waals surface area contributed by atoms with Gasteiger partial charge < -0.3 is 9.64 Å². The fourth-order valence-electron chi connectivity index (χ4n) is 5.65. The van der Waals surface area contributed by atoms with E-state index in [0.29, 0.717) is 24.3 Å². The van der Waals surface area contributed by atoms with Crippen LogP contribution in [0.15, 0.2) is 36.5 Å². The zero-order valence-corrected chi connectivity index (χ0v) is 21.7. The molecule has 0 radical (unpaired) electrons. The Labute approximate surface area is 212 Å². The zero-order valence-electron chi connectivity index (χ0n) is 20.9. The van der Waals surface area contributed by atoms with E-state index in [-0.39, 0.29) is 41.6 Å². The number of aromatic nitrogens is 1. The Hall–Kier alpha value is -2.94. The van der Waals surface area contributed by atoms with E-state index in [1.54, 1.807) is 22.9 Å². The largest absolute Gasteiger partial charge is 0.446 e. The van der Waals surface area contributed by atoms with Crippen LogP contribution in [0.5, 0.6) is 0 Å². The molecule has 1 aromatic heterocycles. The lowest BCUT2D eigenvalue weighted by Crippen LogP contribution is -2.52. The fourth-order valence-corrected chi connectivity index (χ4v) is 7.22. The molecular formula is C27H33N3O5S. The number of carbonyl (C=O) groups excluding carboxylic acids is 2. The first-order valence-electron chi connectivity index (χ1n) is 12.8. The van der Waals surface area contributed by atoms with Crippen molar-refractivity contribution in [2.24, 2.45) is 5.92 Å². The van der Waals surface area contributed by atoms with E-state index in [4.69, 9.17) is 4.74 Å². The maximum atomic E-state index is 13.3. The normalized spacial score (nSPS) is 22.0. The Balaban J connectivity index is 1.40. The van der Waals surface area contributed by atoms with E-state index in [1.807, 2.05) is 37.3 Å². The molecule has 2 aliphatic heterocycles. The monoisotopic (exact) mass is 511 g/mol. The SMILES string of the molecule is CC(=O)N1c2ccc(-c3ccc(CC4CS(=O)(=O)C4)nc3)cc2N(C(=O)OC2CCCCC2)C[C@@H]1C. The number of hydrogen-bond donors (Lipinski definition) is 0. The third-order valence-electron chi connectivity index (χ3n) is 7.43. The molecule has 8 nitrogen and oxygen atoms in total. The van der Waals surface area contributed by atoms with E-state index in [0.717, 1.165) is 42.5 Å². The molecule has 1 saturated heterocycles. The van der Waals surface area contributed by atoms with Gasteiger partial charge in [0.05, 0.1) is 28.9 Å². The number of pyridine rings is 1. The first-order chi connectivity index (χ1) is 17.2. The van der Waals surface area contributed by atoms with Crippen LogP contribution in [-0.4, -0.2) is 55.6 Å². The number of nitrogens with zero attached hydrogens (tertiary/aromatic N) is 3. The molecule has 9 heteroatoms. The molecule has 192 valence electrons. The van der Waals surface area contributed by atoms with E-state index in [1.165, 1.54) is 6.42 Å². The molecule has 0 unspecified atom stereocenters. The molecule has 1 aromatic carbocycles. The van der Waals surface area contributed by atoms with Gasteiger partial charge in [-0.2, -0.15) is 0 Å². The molecule has 0 spiro atoms. The Morgan fingerprint density at radius 1 is 1.03 bits per heavy atom. The van der Waals surface area contributed by atoms with Gasteiger partial charge in [-0.1, -0.05) is 18.6 Å². The average molecular weight is 512 g/mol. The molecule has 0 N–H and O–H groups in total. The molecule has 3 aliphatic rings. The van der Waals surface area contributed by atoms with Crippen LogP contribution in [0.1, 0.15) is 51.6 Å².